The second kappa shape index (κ2) is 6.84. The third-order valence-corrected chi connectivity index (χ3v) is 5.33. The van der Waals surface area contributed by atoms with Gasteiger partial charge in [0, 0.05) is 41.8 Å². The standard InChI is InChI=1S/C16H23Cl2N3/c17-13-2-1-12(16(18)9-13)10-20-6-5-15(11-20)21-7-3-14(19)4-8-21/h1-2,9,14-15H,3-8,10-11,19H2. The summed E-state index contributed by atoms with van der Waals surface area (Å²) in [5.74, 6) is 0. The predicted octanol–water partition coefficient (Wildman–Crippen LogP) is 2.99. The van der Waals surface area contributed by atoms with Gasteiger partial charge in [-0.2, -0.15) is 0 Å². The van der Waals surface area contributed by atoms with Crippen molar-refractivity contribution in [2.45, 2.75) is 37.9 Å². The van der Waals surface area contributed by atoms with E-state index in [-0.39, 0.29) is 0 Å². The minimum Gasteiger partial charge on any atom is -0.328 e. The molecule has 0 saturated carbocycles. The average Bonchev–Trinajstić information content (AvgIpc) is 2.91. The Morgan fingerprint density at radius 3 is 2.57 bits per heavy atom. The quantitative estimate of drug-likeness (QED) is 0.926. The van der Waals surface area contributed by atoms with E-state index in [2.05, 4.69) is 9.80 Å². The number of hydrogen-bond acceptors (Lipinski definition) is 3. The Kier molecular flexibility index (Phi) is 5.07. The number of nitrogens with two attached hydrogens (primary N) is 1. The van der Waals surface area contributed by atoms with Crippen LogP contribution in [-0.2, 0) is 6.54 Å². The van der Waals surface area contributed by atoms with E-state index in [9.17, 15) is 0 Å². The second-order valence-corrected chi connectivity index (χ2v) is 7.13. The van der Waals surface area contributed by atoms with Gasteiger partial charge in [-0.25, -0.2) is 0 Å². The summed E-state index contributed by atoms with van der Waals surface area (Å²) in [4.78, 5) is 5.11. The molecule has 1 unspecified atom stereocenters. The normalized spacial score (nSPS) is 25.6. The summed E-state index contributed by atoms with van der Waals surface area (Å²) in [5.41, 5.74) is 7.16. The van der Waals surface area contributed by atoms with E-state index in [1.165, 1.54) is 12.0 Å². The van der Waals surface area contributed by atoms with Crippen molar-refractivity contribution in [1.82, 2.24) is 9.80 Å². The van der Waals surface area contributed by atoms with Crippen LogP contribution in [0.2, 0.25) is 10.0 Å². The fourth-order valence-electron chi connectivity index (χ4n) is 3.43. The van der Waals surface area contributed by atoms with Gasteiger partial charge in [0.25, 0.3) is 0 Å². The molecule has 3 nitrogen and oxygen atoms in total. The maximum atomic E-state index is 6.27. The van der Waals surface area contributed by atoms with E-state index in [1.54, 1.807) is 0 Å². The first kappa shape index (κ1) is 15.6. The monoisotopic (exact) mass is 327 g/mol. The topological polar surface area (TPSA) is 32.5 Å². The molecule has 1 aromatic rings. The van der Waals surface area contributed by atoms with Crippen LogP contribution in [0.4, 0.5) is 0 Å². The van der Waals surface area contributed by atoms with Gasteiger partial charge in [-0.1, -0.05) is 29.3 Å². The van der Waals surface area contributed by atoms with Crippen LogP contribution in [-0.4, -0.2) is 48.1 Å². The molecule has 116 valence electrons. The minimum atomic E-state index is 0.409. The zero-order valence-corrected chi connectivity index (χ0v) is 13.8. The van der Waals surface area contributed by atoms with Gasteiger partial charge in [0.2, 0.25) is 0 Å². The Morgan fingerprint density at radius 2 is 1.86 bits per heavy atom. The molecule has 2 fully saturated rings. The van der Waals surface area contributed by atoms with Gasteiger partial charge in [0.1, 0.15) is 0 Å². The van der Waals surface area contributed by atoms with Crippen molar-refractivity contribution in [3.05, 3.63) is 33.8 Å². The number of likely N-dealkylation sites (tertiary alicyclic amines) is 2. The molecule has 2 aliphatic rings. The Morgan fingerprint density at radius 1 is 1.10 bits per heavy atom. The van der Waals surface area contributed by atoms with Gasteiger partial charge >= 0.3 is 0 Å². The van der Waals surface area contributed by atoms with Gasteiger partial charge in [0.15, 0.2) is 0 Å². The van der Waals surface area contributed by atoms with Gasteiger partial charge in [-0.15, -0.1) is 0 Å². The van der Waals surface area contributed by atoms with Crippen LogP contribution in [0.15, 0.2) is 18.2 Å². The van der Waals surface area contributed by atoms with Crippen LogP contribution >= 0.6 is 23.2 Å². The molecule has 5 heteroatoms. The summed E-state index contributed by atoms with van der Waals surface area (Å²) in [7, 11) is 0. The third-order valence-electron chi connectivity index (χ3n) is 4.75. The highest BCUT2D eigenvalue weighted by molar-refractivity contribution is 6.35. The first-order valence-electron chi connectivity index (χ1n) is 7.78. The summed E-state index contributed by atoms with van der Waals surface area (Å²) < 4.78 is 0. The molecular weight excluding hydrogens is 305 g/mol. The smallest absolute Gasteiger partial charge is 0.0465 e. The summed E-state index contributed by atoms with van der Waals surface area (Å²) in [6, 6.07) is 6.88. The van der Waals surface area contributed by atoms with E-state index >= 15 is 0 Å². The summed E-state index contributed by atoms with van der Waals surface area (Å²) in [5, 5.41) is 1.47. The molecule has 1 aromatic carbocycles. The molecule has 0 radical (unpaired) electrons. The fraction of sp³-hybridized carbons (Fsp3) is 0.625. The number of rotatable bonds is 3. The Bertz CT molecular complexity index is 486. The number of nitrogens with zero attached hydrogens (tertiary/aromatic N) is 2. The summed E-state index contributed by atoms with van der Waals surface area (Å²) in [6.07, 6.45) is 3.53. The van der Waals surface area contributed by atoms with Crippen molar-refractivity contribution in [2.24, 2.45) is 5.73 Å². The van der Waals surface area contributed by atoms with Gasteiger partial charge in [-0.3, -0.25) is 9.80 Å². The summed E-state index contributed by atoms with van der Waals surface area (Å²) in [6.45, 7) is 5.50. The number of piperidine rings is 1. The maximum absolute atomic E-state index is 6.27. The van der Waals surface area contributed by atoms with Gasteiger partial charge in [-0.05, 0) is 50.0 Å². The molecule has 0 aliphatic carbocycles. The molecule has 2 aliphatic heterocycles. The van der Waals surface area contributed by atoms with Crippen LogP contribution in [0.25, 0.3) is 0 Å². The molecule has 0 aromatic heterocycles. The molecule has 0 amide bonds. The van der Waals surface area contributed by atoms with Crippen molar-refractivity contribution >= 4 is 23.2 Å². The molecule has 21 heavy (non-hydrogen) atoms. The van der Waals surface area contributed by atoms with Crippen LogP contribution < -0.4 is 5.73 Å². The van der Waals surface area contributed by atoms with Crippen LogP contribution in [0.3, 0.4) is 0 Å². The first-order chi connectivity index (χ1) is 10.1. The van der Waals surface area contributed by atoms with E-state index < -0.39 is 0 Å². The van der Waals surface area contributed by atoms with E-state index in [0.29, 0.717) is 17.1 Å². The zero-order valence-electron chi connectivity index (χ0n) is 12.3. The largest absolute Gasteiger partial charge is 0.328 e. The van der Waals surface area contributed by atoms with Crippen LogP contribution in [0.5, 0.6) is 0 Å². The van der Waals surface area contributed by atoms with Crippen LogP contribution in [0, 0.1) is 0 Å². The first-order valence-corrected chi connectivity index (χ1v) is 8.53. The van der Waals surface area contributed by atoms with Crippen molar-refractivity contribution in [1.29, 1.82) is 0 Å². The molecule has 0 bridgehead atoms. The molecule has 1 atom stereocenters. The fourth-order valence-corrected chi connectivity index (χ4v) is 3.90. The maximum Gasteiger partial charge on any atom is 0.0465 e. The lowest BCUT2D eigenvalue weighted by Gasteiger charge is -2.34. The van der Waals surface area contributed by atoms with Gasteiger partial charge < -0.3 is 5.73 Å². The van der Waals surface area contributed by atoms with Gasteiger partial charge in [0.05, 0.1) is 0 Å². The molecule has 2 heterocycles. The lowest BCUT2D eigenvalue weighted by atomic mass is 10.0. The number of halogens is 2. The highest BCUT2D eigenvalue weighted by atomic mass is 35.5. The highest BCUT2D eigenvalue weighted by Gasteiger charge is 2.29. The van der Waals surface area contributed by atoms with Crippen molar-refractivity contribution in [3.63, 3.8) is 0 Å². The number of hydrogen-bond donors (Lipinski definition) is 1. The highest BCUT2D eigenvalue weighted by Crippen LogP contribution is 2.25. The Hall–Kier alpha value is -0.320. The third kappa shape index (κ3) is 3.91. The Labute approximate surface area is 137 Å². The van der Waals surface area contributed by atoms with E-state index in [0.717, 1.165) is 50.6 Å². The summed E-state index contributed by atoms with van der Waals surface area (Å²) >= 11 is 12.2. The molecule has 3 rings (SSSR count). The molecule has 2 N–H and O–H groups in total. The second-order valence-electron chi connectivity index (χ2n) is 6.29. The van der Waals surface area contributed by atoms with Crippen molar-refractivity contribution in [3.8, 4) is 0 Å². The Balaban J connectivity index is 1.55. The van der Waals surface area contributed by atoms with E-state index in [1.807, 2.05) is 18.2 Å². The zero-order chi connectivity index (χ0) is 14.8. The SMILES string of the molecule is NC1CCN(C2CCN(Cc3ccc(Cl)cc3Cl)C2)CC1. The number of benzene rings is 1. The lowest BCUT2D eigenvalue weighted by molar-refractivity contribution is 0.151. The molecule has 2 saturated heterocycles. The molecular formula is C16H23Cl2N3. The minimum absolute atomic E-state index is 0.409. The van der Waals surface area contributed by atoms with Crippen molar-refractivity contribution in [2.75, 3.05) is 26.2 Å². The predicted molar refractivity (Wildman–Crippen MR) is 88.9 cm³/mol. The molecule has 0 spiro atoms. The van der Waals surface area contributed by atoms with E-state index in [4.69, 9.17) is 28.9 Å². The average molecular weight is 328 g/mol. The lowest BCUT2D eigenvalue weighted by Crippen LogP contribution is -2.46. The van der Waals surface area contributed by atoms with Crippen molar-refractivity contribution < 1.29 is 0 Å². The van der Waals surface area contributed by atoms with Crippen LogP contribution in [0.1, 0.15) is 24.8 Å².